The van der Waals surface area contributed by atoms with Crippen LogP contribution in [0.5, 0.6) is 5.75 Å². The minimum Gasteiger partial charge on any atom is -0.482 e. The summed E-state index contributed by atoms with van der Waals surface area (Å²) in [5.74, 6) is 0.333. The molecule has 68 valence electrons. The lowest BCUT2D eigenvalue weighted by atomic mass is 10.3. The average molecular weight is 180 g/mol. The van der Waals surface area contributed by atoms with Gasteiger partial charge in [-0.05, 0) is 6.07 Å². The van der Waals surface area contributed by atoms with Crippen molar-refractivity contribution in [2.24, 2.45) is 0 Å². The van der Waals surface area contributed by atoms with Gasteiger partial charge in [0.2, 0.25) is 5.75 Å². The van der Waals surface area contributed by atoms with Crippen LogP contribution in [0, 0.1) is 4.91 Å². The topological polar surface area (TPSA) is 49.5 Å². The lowest BCUT2D eigenvalue weighted by Crippen LogP contribution is -1.98. The van der Waals surface area contributed by atoms with E-state index in [1.807, 2.05) is 0 Å². The normalized spacial score (nSPS) is 9.23. The van der Waals surface area contributed by atoms with Gasteiger partial charge in [0, 0.05) is 6.07 Å². The van der Waals surface area contributed by atoms with Gasteiger partial charge < -0.3 is 4.74 Å². The second kappa shape index (κ2) is 4.25. The van der Waals surface area contributed by atoms with Gasteiger partial charge in [-0.25, -0.2) is 5.21 Å². The molecule has 0 amide bonds. The Kier molecular flexibility index (Phi) is 3.03. The monoisotopic (exact) mass is 180 g/mol. The molecule has 0 aliphatic carbocycles. The second-order valence-electron chi connectivity index (χ2n) is 2.34. The predicted octanol–water partition coefficient (Wildman–Crippen LogP) is 2.05. The first-order valence-corrected chi connectivity index (χ1v) is 3.74. The molecular weight excluding hydrogens is 170 g/mol. The van der Waals surface area contributed by atoms with E-state index in [4.69, 9.17) is 9.94 Å². The molecule has 0 unspecified atom stereocenters. The fourth-order valence-electron chi connectivity index (χ4n) is 0.886. The summed E-state index contributed by atoms with van der Waals surface area (Å²) in [4.78, 5) is 10.4. The second-order valence-corrected chi connectivity index (χ2v) is 2.34. The smallest absolute Gasteiger partial charge is 0.357 e. The average Bonchev–Trinajstić information content (AvgIpc) is 2.15. The maximum absolute atomic E-state index is 10.6. The fraction of sp³-hybridized carbons (Fsp3) is 0.111. The molecule has 0 fully saturated rings. The number of hydrogen-bond donors (Lipinski definition) is 1. The molecule has 0 aliphatic heterocycles. The third-order valence-corrected chi connectivity index (χ3v) is 1.43. The van der Waals surface area contributed by atoms with Crippen molar-refractivity contribution in [1.29, 1.82) is 0 Å². The van der Waals surface area contributed by atoms with Crippen LogP contribution < -0.4 is 4.74 Å². The highest BCUT2D eigenvalue weighted by Gasteiger charge is 2.17. The number of hydrogen-bond acceptors (Lipinski definition) is 2. The van der Waals surface area contributed by atoms with Crippen LogP contribution in [0.4, 0.5) is 5.69 Å². The molecule has 4 heteroatoms. The molecule has 4 nitrogen and oxygen atoms in total. The van der Waals surface area contributed by atoms with Crippen LogP contribution >= 0.6 is 0 Å². The van der Waals surface area contributed by atoms with Crippen molar-refractivity contribution in [3.63, 3.8) is 0 Å². The lowest BCUT2D eigenvalue weighted by Gasteiger charge is -2.00. The van der Waals surface area contributed by atoms with Gasteiger partial charge in [0.15, 0.2) is 0 Å². The van der Waals surface area contributed by atoms with Gasteiger partial charge >= 0.3 is 5.69 Å². The summed E-state index contributed by atoms with van der Waals surface area (Å²) in [7, 11) is 0. The molecule has 13 heavy (non-hydrogen) atoms. The van der Waals surface area contributed by atoms with Gasteiger partial charge in [-0.2, -0.15) is 0 Å². The maximum Gasteiger partial charge on any atom is 0.357 e. The minimum atomic E-state index is -0.224. The van der Waals surface area contributed by atoms with Crippen molar-refractivity contribution in [2.75, 3.05) is 6.61 Å². The molecule has 0 aliphatic rings. The molecular formula is C9H10NO3+. The van der Waals surface area contributed by atoms with Crippen molar-refractivity contribution < 1.29 is 14.9 Å². The summed E-state index contributed by atoms with van der Waals surface area (Å²) < 4.78 is 5.13. The van der Waals surface area contributed by atoms with Crippen LogP contribution in [-0.2, 0) is 0 Å². The van der Waals surface area contributed by atoms with Gasteiger partial charge in [0.1, 0.15) is 6.61 Å². The van der Waals surface area contributed by atoms with Crippen LogP contribution in [0.15, 0.2) is 36.9 Å². The Bertz CT molecular complexity index is 322. The van der Waals surface area contributed by atoms with E-state index in [2.05, 4.69) is 6.58 Å². The van der Waals surface area contributed by atoms with Crippen LogP contribution in [-0.4, -0.2) is 16.7 Å². The molecule has 0 saturated heterocycles. The molecule has 0 spiro atoms. The Morgan fingerprint density at radius 2 is 2.23 bits per heavy atom. The van der Waals surface area contributed by atoms with E-state index in [0.717, 1.165) is 0 Å². The van der Waals surface area contributed by atoms with Gasteiger partial charge in [-0.3, -0.25) is 0 Å². The van der Waals surface area contributed by atoms with E-state index in [0.29, 0.717) is 12.4 Å². The highest BCUT2D eigenvalue weighted by Crippen LogP contribution is 2.24. The maximum atomic E-state index is 10.6. The zero-order valence-electron chi connectivity index (χ0n) is 7.01. The molecule has 0 heterocycles. The fourth-order valence-corrected chi connectivity index (χ4v) is 0.886. The quantitative estimate of drug-likeness (QED) is 0.569. The molecule has 0 bridgehead atoms. The van der Waals surface area contributed by atoms with Crippen LogP contribution in [0.2, 0.25) is 0 Å². The first-order valence-electron chi connectivity index (χ1n) is 3.74. The summed E-state index contributed by atoms with van der Waals surface area (Å²) in [5.41, 5.74) is 0.0874. The zero-order chi connectivity index (χ0) is 9.68. The largest absolute Gasteiger partial charge is 0.482 e. The highest BCUT2D eigenvalue weighted by molar-refractivity contribution is 5.45. The first kappa shape index (κ1) is 9.25. The van der Waals surface area contributed by atoms with Crippen molar-refractivity contribution in [3.05, 3.63) is 41.8 Å². The van der Waals surface area contributed by atoms with Gasteiger partial charge in [0.05, 0.1) is 4.91 Å². The first-order chi connectivity index (χ1) is 6.25. The van der Waals surface area contributed by atoms with Gasteiger partial charge in [0.25, 0.3) is 4.92 Å². The van der Waals surface area contributed by atoms with E-state index in [1.54, 1.807) is 24.3 Å². The minimum absolute atomic E-state index is 0.0874. The number of ether oxygens (including phenoxy) is 1. The highest BCUT2D eigenvalue weighted by atomic mass is 16.6. The molecule has 1 aromatic carbocycles. The summed E-state index contributed by atoms with van der Waals surface area (Å²) in [5, 5.41) is 8.68. The summed E-state index contributed by atoms with van der Waals surface area (Å²) >= 11 is 0. The Labute approximate surface area is 75.6 Å². The molecule has 0 atom stereocenters. The third-order valence-electron chi connectivity index (χ3n) is 1.43. The van der Waals surface area contributed by atoms with Crippen molar-refractivity contribution in [3.8, 4) is 5.75 Å². The molecule has 1 rings (SSSR count). The van der Waals surface area contributed by atoms with Crippen molar-refractivity contribution in [1.82, 2.24) is 0 Å². The van der Waals surface area contributed by atoms with E-state index in [-0.39, 0.29) is 10.6 Å². The molecule has 0 aromatic heterocycles. The van der Waals surface area contributed by atoms with Gasteiger partial charge in [-0.15, -0.1) is 0 Å². The van der Waals surface area contributed by atoms with Crippen molar-refractivity contribution in [2.45, 2.75) is 0 Å². The Morgan fingerprint density at radius 3 is 2.85 bits per heavy atom. The summed E-state index contributed by atoms with van der Waals surface area (Å²) in [6, 6.07) is 6.41. The summed E-state index contributed by atoms with van der Waals surface area (Å²) in [6.07, 6.45) is 1.56. The third kappa shape index (κ3) is 2.30. The molecule has 0 saturated carbocycles. The number of para-hydroxylation sites is 2. The number of benzene rings is 1. The van der Waals surface area contributed by atoms with Crippen LogP contribution in [0.1, 0.15) is 0 Å². The molecule has 1 aromatic rings. The Morgan fingerprint density at radius 1 is 1.54 bits per heavy atom. The van der Waals surface area contributed by atoms with E-state index < -0.39 is 0 Å². The van der Waals surface area contributed by atoms with E-state index >= 15 is 0 Å². The molecule has 1 N–H and O–H groups in total. The summed E-state index contributed by atoms with van der Waals surface area (Å²) in [6.45, 7) is 3.77. The Hall–Kier alpha value is -1.84. The SMILES string of the molecule is C=CCOc1ccccc1[N+](=O)O. The standard InChI is InChI=1S/C9H10NO3/c1-2-7-13-9-6-4-3-5-8(9)10(11)12/h2-6H,1,7H2,(H,11,12)/q+1. The Balaban J connectivity index is 2.90. The van der Waals surface area contributed by atoms with E-state index in [1.165, 1.54) is 6.07 Å². The van der Waals surface area contributed by atoms with Gasteiger partial charge in [-0.1, -0.05) is 24.8 Å². The number of rotatable bonds is 4. The zero-order valence-corrected chi connectivity index (χ0v) is 7.01. The number of nitrogens with zero attached hydrogens (tertiary/aromatic N) is 1. The lowest BCUT2D eigenvalue weighted by molar-refractivity contribution is -0.730. The van der Waals surface area contributed by atoms with E-state index in [9.17, 15) is 4.91 Å². The van der Waals surface area contributed by atoms with Crippen LogP contribution in [0.25, 0.3) is 0 Å². The predicted molar refractivity (Wildman–Crippen MR) is 47.2 cm³/mol. The van der Waals surface area contributed by atoms with Crippen molar-refractivity contribution >= 4 is 5.69 Å². The molecule has 0 radical (unpaired) electrons. The van der Waals surface area contributed by atoms with Crippen LogP contribution in [0.3, 0.4) is 0 Å².